The average molecular weight is 502 g/mol. The summed E-state index contributed by atoms with van der Waals surface area (Å²) in [5, 5.41) is 0. The van der Waals surface area contributed by atoms with Crippen LogP contribution in [0.25, 0.3) is 11.9 Å². The van der Waals surface area contributed by atoms with Crippen LogP contribution in [0.1, 0.15) is 28.2 Å². The first-order valence-electron chi connectivity index (χ1n) is 10.5. The van der Waals surface area contributed by atoms with Crippen molar-refractivity contribution in [2.45, 2.75) is 18.6 Å². The molecule has 0 radical (unpaired) electrons. The van der Waals surface area contributed by atoms with Crippen molar-refractivity contribution < 1.29 is 21.9 Å². The highest BCUT2D eigenvalue weighted by atomic mass is 32.2. The van der Waals surface area contributed by atoms with Crippen molar-refractivity contribution in [2.24, 2.45) is 17.8 Å². The summed E-state index contributed by atoms with van der Waals surface area (Å²) < 4.78 is 62.7. The van der Waals surface area contributed by atoms with E-state index in [0.29, 0.717) is 17.0 Å². The summed E-state index contributed by atoms with van der Waals surface area (Å²) in [6.07, 6.45) is 7.10. The Hall–Kier alpha value is -3.87. The molecule has 0 unspecified atom stereocenters. The molecule has 0 saturated carbocycles. The molecular formula is C22H21F2N7O3S. The number of imidazole rings is 1. The van der Waals surface area contributed by atoms with Crippen LogP contribution >= 0.6 is 0 Å². The van der Waals surface area contributed by atoms with E-state index in [1.54, 1.807) is 17.0 Å². The summed E-state index contributed by atoms with van der Waals surface area (Å²) >= 11 is 0. The number of guanidine groups is 1. The van der Waals surface area contributed by atoms with Crippen LogP contribution in [-0.4, -0.2) is 51.0 Å². The van der Waals surface area contributed by atoms with Crippen LogP contribution in [0.3, 0.4) is 0 Å². The van der Waals surface area contributed by atoms with Crippen molar-refractivity contribution in [3.63, 3.8) is 0 Å². The third-order valence-corrected chi connectivity index (χ3v) is 7.98. The number of aliphatic imine (C=N–C) groups is 1. The van der Waals surface area contributed by atoms with E-state index in [-0.39, 0.29) is 41.9 Å². The van der Waals surface area contributed by atoms with Gasteiger partial charge in [0.15, 0.2) is 5.83 Å². The van der Waals surface area contributed by atoms with Crippen molar-refractivity contribution in [1.29, 1.82) is 0 Å². The Bertz CT molecular complexity index is 1490. The summed E-state index contributed by atoms with van der Waals surface area (Å²) in [5.74, 6) is -0.954. The van der Waals surface area contributed by atoms with Crippen molar-refractivity contribution >= 4 is 27.9 Å². The third kappa shape index (κ3) is 4.01. The molecule has 1 aliphatic heterocycles. The fourth-order valence-electron chi connectivity index (χ4n) is 4.12. The van der Waals surface area contributed by atoms with Gasteiger partial charge in [0.1, 0.15) is 29.5 Å². The molecule has 5 rings (SSSR count). The van der Waals surface area contributed by atoms with E-state index in [2.05, 4.69) is 19.9 Å². The van der Waals surface area contributed by atoms with Gasteiger partial charge in [-0.05, 0) is 34.9 Å². The predicted octanol–water partition coefficient (Wildman–Crippen LogP) is 1.74. The lowest BCUT2D eigenvalue weighted by Gasteiger charge is -2.44. The first-order chi connectivity index (χ1) is 16.6. The van der Waals surface area contributed by atoms with Gasteiger partial charge in [-0.2, -0.15) is 0 Å². The van der Waals surface area contributed by atoms with Crippen LogP contribution in [0, 0.1) is 5.82 Å². The van der Waals surface area contributed by atoms with Gasteiger partial charge in [0, 0.05) is 32.9 Å². The molecule has 0 amide bonds. The molecule has 10 nitrogen and oxygen atoms in total. The number of aryl methyl sites for hydroxylation is 1. The van der Waals surface area contributed by atoms with Crippen LogP contribution < -0.4 is 10.5 Å². The Morgan fingerprint density at radius 1 is 1.26 bits per heavy atom. The molecule has 35 heavy (non-hydrogen) atoms. The van der Waals surface area contributed by atoms with Gasteiger partial charge in [-0.3, -0.25) is 0 Å². The Labute approximate surface area is 199 Å². The lowest BCUT2D eigenvalue weighted by molar-refractivity contribution is 0.279. The summed E-state index contributed by atoms with van der Waals surface area (Å²) in [7, 11) is -0.569. The third-order valence-electron chi connectivity index (χ3n) is 6.11. The number of fused-ring (bicyclic) bond motifs is 2. The number of hydrogen-bond donors (Lipinski definition) is 1. The van der Waals surface area contributed by atoms with Gasteiger partial charge >= 0.3 is 0 Å². The Morgan fingerprint density at radius 3 is 2.71 bits per heavy atom. The van der Waals surface area contributed by atoms with Gasteiger partial charge in [0.25, 0.3) is 0 Å². The molecule has 2 aliphatic rings. The average Bonchev–Trinajstić information content (AvgIpc) is 3.22. The van der Waals surface area contributed by atoms with E-state index in [1.165, 1.54) is 31.6 Å². The van der Waals surface area contributed by atoms with Crippen molar-refractivity contribution in [1.82, 2.24) is 23.8 Å². The maximum absolute atomic E-state index is 14.9. The molecule has 1 aromatic carbocycles. The standard InChI is InChI=1S/C22H21F2N7O3S/c1-30-4-3-26-19(30)11-34-20-10-27-18(9-28-20)17(24)7-13-5-15-14(16(23)6-13)8-22(15)12-35(32,33)31(2)21(25)29-22/h3-7,9-10H,8,11-12H2,1-2H3,(H2,25,29)/b17-7-/t22-/m0/s1. The van der Waals surface area contributed by atoms with Gasteiger partial charge in [-0.1, -0.05) is 0 Å². The van der Waals surface area contributed by atoms with Crippen molar-refractivity contribution in [3.05, 3.63) is 70.9 Å². The highest BCUT2D eigenvalue weighted by molar-refractivity contribution is 7.89. The molecule has 182 valence electrons. The van der Waals surface area contributed by atoms with E-state index in [9.17, 15) is 17.2 Å². The highest BCUT2D eigenvalue weighted by Gasteiger charge is 2.51. The number of hydrogen-bond acceptors (Lipinski definition) is 8. The Morgan fingerprint density at radius 2 is 2.06 bits per heavy atom. The zero-order valence-electron chi connectivity index (χ0n) is 18.8. The maximum atomic E-state index is 14.9. The lowest BCUT2D eigenvalue weighted by atomic mass is 9.71. The zero-order chi connectivity index (χ0) is 25.0. The molecule has 0 saturated heterocycles. The first-order valence-corrected chi connectivity index (χ1v) is 12.1. The number of nitrogens with two attached hydrogens (primary N) is 1. The van der Waals surface area contributed by atoms with Crippen LogP contribution in [0.5, 0.6) is 5.88 Å². The number of ether oxygens (including phenoxy) is 1. The fraction of sp³-hybridized carbons (Fsp3) is 0.273. The monoisotopic (exact) mass is 501 g/mol. The normalized spacial score (nSPS) is 20.9. The molecule has 0 bridgehead atoms. The quantitative estimate of drug-likeness (QED) is 0.564. The van der Waals surface area contributed by atoms with Crippen LogP contribution in [-0.2, 0) is 35.6 Å². The van der Waals surface area contributed by atoms with E-state index in [0.717, 1.165) is 10.4 Å². The van der Waals surface area contributed by atoms with Crippen LogP contribution in [0.15, 0.2) is 41.9 Å². The second kappa shape index (κ2) is 8.12. The van der Waals surface area contributed by atoms with Gasteiger partial charge in [0.2, 0.25) is 21.9 Å². The number of benzene rings is 1. The number of halogens is 2. The van der Waals surface area contributed by atoms with Gasteiger partial charge in [-0.15, -0.1) is 0 Å². The SMILES string of the molecule is CN1C(N)=N[C@@]2(Cc3c(F)cc(/C=C(\F)c4cnc(OCc5nccn5C)cn4)cc32)CS1(=O)=O. The highest BCUT2D eigenvalue weighted by Crippen LogP contribution is 2.47. The molecule has 0 fully saturated rings. The molecule has 3 aromatic rings. The molecule has 1 aliphatic carbocycles. The molecule has 1 atom stereocenters. The van der Waals surface area contributed by atoms with Crippen molar-refractivity contribution in [3.8, 4) is 5.88 Å². The topological polar surface area (TPSA) is 129 Å². The molecule has 3 heterocycles. The van der Waals surface area contributed by atoms with E-state index in [1.807, 2.05) is 7.05 Å². The molecular weight excluding hydrogens is 480 g/mol. The molecule has 2 aromatic heterocycles. The molecule has 2 N–H and O–H groups in total. The first kappa shape index (κ1) is 22.9. The summed E-state index contributed by atoms with van der Waals surface area (Å²) in [6, 6.07) is 2.70. The molecule has 1 spiro atoms. The lowest BCUT2D eigenvalue weighted by Crippen LogP contribution is -2.55. The van der Waals surface area contributed by atoms with Crippen LogP contribution in [0.4, 0.5) is 8.78 Å². The Balaban J connectivity index is 1.38. The second-order valence-electron chi connectivity index (χ2n) is 8.41. The van der Waals surface area contributed by atoms with E-state index >= 15 is 0 Å². The number of aromatic nitrogens is 4. The predicted molar refractivity (Wildman–Crippen MR) is 124 cm³/mol. The van der Waals surface area contributed by atoms with Crippen molar-refractivity contribution in [2.75, 3.05) is 12.8 Å². The molecule has 13 heteroatoms. The second-order valence-corrected chi connectivity index (χ2v) is 10.4. The number of rotatable bonds is 5. The zero-order valence-corrected chi connectivity index (χ0v) is 19.6. The minimum atomic E-state index is -3.71. The minimum Gasteiger partial charge on any atom is -0.468 e. The summed E-state index contributed by atoms with van der Waals surface area (Å²) in [5.41, 5.74) is 5.45. The summed E-state index contributed by atoms with van der Waals surface area (Å²) in [6.45, 7) is 0.171. The minimum absolute atomic E-state index is 0.0729. The maximum Gasteiger partial charge on any atom is 0.239 e. The number of sulfonamides is 1. The summed E-state index contributed by atoms with van der Waals surface area (Å²) in [4.78, 5) is 16.5. The fourth-order valence-corrected chi connectivity index (χ4v) is 5.56. The van der Waals surface area contributed by atoms with Gasteiger partial charge in [0.05, 0.1) is 18.1 Å². The smallest absolute Gasteiger partial charge is 0.239 e. The van der Waals surface area contributed by atoms with E-state index in [4.69, 9.17) is 10.5 Å². The van der Waals surface area contributed by atoms with Crippen LogP contribution in [0.2, 0.25) is 0 Å². The largest absolute Gasteiger partial charge is 0.468 e. The van der Waals surface area contributed by atoms with Gasteiger partial charge < -0.3 is 15.0 Å². The number of nitrogens with zero attached hydrogens (tertiary/aromatic N) is 6. The Kier molecular flexibility index (Phi) is 5.31. The van der Waals surface area contributed by atoms with E-state index < -0.39 is 27.2 Å². The van der Waals surface area contributed by atoms with Gasteiger partial charge in [-0.25, -0.2) is 41.4 Å².